The van der Waals surface area contributed by atoms with Crippen LogP contribution < -0.4 is 10.6 Å². The Morgan fingerprint density at radius 1 is 0.955 bits per heavy atom. The maximum Gasteiger partial charge on any atom is 0.272 e. The predicted molar refractivity (Wildman–Crippen MR) is 87.0 cm³/mol. The maximum atomic E-state index is 12.2. The van der Waals surface area contributed by atoms with Crippen molar-refractivity contribution in [3.8, 4) is 0 Å². The van der Waals surface area contributed by atoms with E-state index in [-0.39, 0.29) is 17.4 Å². The highest BCUT2D eigenvalue weighted by atomic mass is 16.2. The third-order valence-electron chi connectivity index (χ3n) is 3.73. The molecule has 1 aliphatic rings. The second kappa shape index (κ2) is 5.48. The Balaban J connectivity index is 1.93. The molecular formula is C18H16N2O2. The largest absolute Gasteiger partial charge is 0.349 e. The third-order valence-corrected chi connectivity index (χ3v) is 3.73. The van der Waals surface area contributed by atoms with Gasteiger partial charge in [-0.05, 0) is 37.1 Å². The molecule has 0 aliphatic carbocycles. The van der Waals surface area contributed by atoms with Crippen molar-refractivity contribution in [2.75, 3.05) is 10.6 Å². The van der Waals surface area contributed by atoms with Crippen LogP contribution in [0.15, 0.2) is 54.2 Å². The van der Waals surface area contributed by atoms with Crippen LogP contribution in [0, 0.1) is 13.8 Å². The molecule has 0 saturated carbocycles. The van der Waals surface area contributed by atoms with Gasteiger partial charge in [-0.3, -0.25) is 9.59 Å². The summed E-state index contributed by atoms with van der Waals surface area (Å²) in [6, 6.07) is 12.8. The van der Waals surface area contributed by atoms with Crippen LogP contribution in [0.4, 0.5) is 11.4 Å². The Bertz CT molecular complexity index is 792. The predicted octanol–water partition coefficient (Wildman–Crippen LogP) is 3.43. The highest BCUT2D eigenvalue weighted by Gasteiger charge is 2.21. The van der Waals surface area contributed by atoms with E-state index in [1.807, 2.05) is 32.0 Å². The van der Waals surface area contributed by atoms with Gasteiger partial charge >= 0.3 is 0 Å². The molecule has 0 saturated heterocycles. The topological polar surface area (TPSA) is 58.2 Å². The van der Waals surface area contributed by atoms with Crippen molar-refractivity contribution < 1.29 is 9.59 Å². The Kier molecular flexibility index (Phi) is 3.51. The van der Waals surface area contributed by atoms with Crippen LogP contribution in [0.1, 0.15) is 21.5 Å². The molecule has 2 aromatic carbocycles. The van der Waals surface area contributed by atoms with E-state index in [9.17, 15) is 9.59 Å². The van der Waals surface area contributed by atoms with Gasteiger partial charge in [-0.1, -0.05) is 30.3 Å². The van der Waals surface area contributed by atoms with Crippen LogP contribution in [0.3, 0.4) is 0 Å². The average Bonchev–Trinajstić information content (AvgIpc) is 2.51. The van der Waals surface area contributed by atoms with E-state index in [2.05, 4.69) is 10.6 Å². The van der Waals surface area contributed by atoms with Gasteiger partial charge < -0.3 is 10.6 Å². The van der Waals surface area contributed by atoms with E-state index in [1.165, 1.54) is 6.08 Å². The summed E-state index contributed by atoms with van der Waals surface area (Å²) < 4.78 is 0. The molecule has 0 fully saturated rings. The van der Waals surface area contributed by atoms with Gasteiger partial charge in [0.1, 0.15) is 5.70 Å². The summed E-state index contributed by atoms with van der Waals surface area (Å²) in [5.41, 5.74) is 4.57. The van der Waals surface area contributed by atoms with E-state index < -0.39 is 0 Å². The van der Waals surface area contributed by atoms with Crippen LogP contribution in [-0.2, 0) is 4.79 Å². The van der Waals surface area contributed by atoms with Gasteiger partial charge in [-0.25, -0.2) is 0 Å². The van der Waals surface area contributed by atoms with Crippen molar-refractivity contribution in [2.24, 2.45) is 0 Å². The molecule has 4 nitrogen and oxygen atoms in total. The van der Waals surface area contributed by atoms with Gasteiger partial charge in [0.25, 0.3) is 5.91 Å². The zero-order valence-corrected chi connectivity index (χ0v) is 12.4. The van der Waals surface area contributed by atoms with Gasteiger partial charge in [0.15, 0.2) is 5.78 Å². The average molecular weight is 292 g/mol. The molecule has 22 heavy (non-hydrogen) atoms. The van der Waals surface area contributed by atoms with E-state index in [0.717, 1.165) is 22.5 Å². The summed E-state index contributed by atoms with van der Waals surface area (Å²) in [6.07, 6.45) is 1.34. The zero-order valence-electron chi connectivity index (χ0n) is 12.4. The summed E-state index contributed by atoms with van der Waals surface area (Å²) in [4.78, 5) is 24.3. The fraction of sp³-hybridized carbons (Fsp3) is 0.111. The van der Waals surface area contributed by atoms with Crippen LogP contribution in [0.5, 0.6) is 0 Å². The first-order valence-corrected chi connectivity index (χ1v) is 7.05. The van der Waals surface area contributed by atoms with E-state index in [0.29, 0.717) is 5.56 Å². The molecule has 3 rings (SSSR count). The number of hydrogen-bond donors (Lipinski definition) is 2. The highest BCUT2D eigenvalue weighted by molar-refractivity contribution is 6.16. The Morgan fingerprint density at radius 3 is 2.18 bits per heavy atom. The molecule has 0 spiro atoms. The third kappa shape index (κ3) is 2.63. The number of anilines is 2. The first kappa shape index (κ1) is 14.1. The van der Waals surface area contributed by atoms with Crippen molar-refractivity contribution in [1.29, 1.82) is 0 Å². The lowest BCUT2D eigenvalue weighted by atomic mass is 10.0. The standard InChI is InChI=1S/C18H16N2O2/c1-11-8-14-15(9-12(11)2)20-18(22)16(19-14)10-17(21)13-6-4-3-5-7-13/h3-10,19H,1-2H3,(H,20,22)/b16-10-. The molecule has 1 amide bonds. The molecule has 2 N–H and O–H groups in total. The molecule has 0 bridgehead atoms. The van der Waals surface area contributed by atoms with Crippen molar-refractivity contribution in [1.82, 2.24) is 0 Å². The molecule has 0 radical (unpaired) electrons. The molecule has 0 atom stereocenters. The lowest BCUT2D eigenvalue weighted by molar-refractivity contribution is -0.112. The van der Waals surface area contributed by atoms with Gasteiger partial charge in [0, 0.05) is 11.6 Å². The smallest absolute Gasteiger partial charge is 0.272 e. The van der Waals surface area contributed by atoms with E-state index >= 15 is 0 Å². The first-order chi connectivity index (χ1) is 10.5. The van der Waals surface area contributed by atoms with Crippen LogP contribution in [0.25, 0.3) is 0 Å². The number of carbonyl (C=O) groups is 2. The summed E-state index contributed by atoms with van der Waals surface area (Å²) in [5, 5.41) is 5.86. The normalized spacial score (nSPS) is 15.0. The van der Waals surface area contributed by atoms with Crippen molar-refractivity contribution >= 4 is 23.1 Å². The Hall–Kier alpha value is -2.88. The molecule has 1 aliphatic heterocycles. The Labute approximate surface area is 128 Å². The molecule has 2 aromatic rings. The number of hydrogen-bond acceptors (Lipinski definition) is 3. The molecule has 0 unspecified atom stereocenters. The van der Waals surface area contributed by atoms with Gasteiger partial charge in [0.05, 0.1) is 11.4 Å². The Morgan fingerprint density at radius 2 is 1.55 bits per heavy atom. The molecule has 4 heteroatoms. The minimum atomic E-state index is -0.306. The lowest BCUT2D eigenvalue weighted by Crippen LogP contribution is -2.26. The highest BCUT2D eigenvalue weighted by Crippen LogP contribution is 2.30. The number of aryl methyl sites for hydroxylation is 2. The van der Waals surface area contributed by atoms with E-state index in [4.69, 9.17) is 0 Å². The number of fused-ring (bicyclic) bond motifs is 1. The van der Waals surface area contributed by atoms with Crippen molar-refractivity contribution in [2.45, 2.75) is 13.8 Å². The monoisotopic (exact) mass is 292 g/mol. The second-order valence-electron chi connectivity index (χ2n) is 5.35. The number of carbonyl (C=O) groups excluding carboxylic acids is 2. The van der Waals surface area contributed by atoms with Crippen molar-refractivity contribution in [3.05, 3.63) is 70.9 Å². The summed E-state index contributed by atoms with van der Waals surface area (Å²) in [5.74, 6) is -0.509. The maximum absolute atomic E-state index is 12.2. The van der Waals surface area contributed by atoms with E-state index in [1.54, 1.807) is 24.3 Å². The zero-order chi connectivity index (χ0) is 15.7. The number of rotatable bonds is 2. The van der Waals surface area contributed by atoms with Gasteiger partial charge in [-0.2, -0.15) is 0 Å². The van der Waals surface area contributed by atoms with Crippen LogP contribution in [-0.4, -0.2) is 11.7 Å². The minimum absolute atomic E-state index is 0.203. The molecule has 110 valence electrons. The number of allylic oxidation sites excluding steroid dienone is 1. The van der Waals surface area contributed by atoms with Crippen molar-refractivity contribution in [3.63, 3.8) is 0 Å². The fourth-order valence-corrected chi connectivity index (χ4v) is 2.33. The van der Waals surface area contributed by atoms with Gasteiger partial charge in [-0.15, -0.1) is 0 Å². The number of nitrogens with one attached hydrogen (secondary N) is 2. The lowest BCUT2D eigenvalue weighted by Gasteiger charge is -2.22. The SMILES string of the molecule is Cc1cc2c(cc1C)N/C(=C\C(=O)c1ccccc1)C(=O)N2. The summed E-state index contributed by atoms with van der Waals surface area (Å²) in [7, 11) is 0. The number of amides is 1. The number of benzene rings is 2. The number of ketones is 1. The molecular weight excluding hydrogens is 276 g/mol. The fourth-order valence-electron chi connectivity index (χ4n) is 2.33. The van der Waals surface area contributed by atoms with Crippen LogP contribution >= 0.6 is 0 Å². The van der Waals surface area contributed by atoms with Crippen LogP contribution in [0.2, 0.25) is 0 Å². The first-order valence-electron chi connectivity index (χ1n) is 7.05. The molecule has 0 aromatic heterocycles. The summed E-state index contributed by atoms with van der Waals surface area (Å²) >= 11 is 0. The minimum Gasteiger partial charge on any atom is -0.349 e. The summed E-state index contributed by atoms with van der Waals surface area (Å²) in [6.45, 7) is 4.00. The van der Waals surface area contributed by atoms with Gasteiger partial charge in [0.2, 0.25) is 0 Å². The quantitative estimate of drug-likeness (QED) is 0.658. The molecule has 1 heterocycles. The second-order valence-corrected chi connectivity index (χ2v) is 5.35.